The van der Waals surface area contributed by atoms with Crippen molar-refractivity contribution in [3.8, 4) is 0 Å². The molecule has 1 aliphatic rings. The smallest absolute Gasteiger partial charge is 0.126 e. The van der Waals surface area contributed by atoms with Crippen LogP contribution in [0.4, 0.5) is 4.39 Å². The molecular weight excluding hydrogens is 237 g/mol. The molecule has 2 heteroatoms. The minimum absolute atomic E-state index is 0.0730. The van der Waals surface area contributed by atoms with E-state index in [1.54, 1.807) is 12.1 Å². The van der Waals surface area contributed by atoms with Crippen LogP contribution >= 0.6 is 0 Å². The molecular formula is C17H26FN. The summed E-state index contributed by atoms with van der Waals surface area (Å²) < 4.78 is 13.5. The Labute approximate surface area is 116 Å². The Kier molecular flexibility index (Phi) is 5.84. The summed E-state index contributed by atoms with van der Waals surface area (Å²) in [5, 5.41) is 3.62. The lowest BCUT2D eigenvalue weighted by atomic mass is 9.98. The fraction of sp³-hybridized carbons (Fsp3) is 0.647. The highest BCUT2D eigenvalue weighted by Crippen LogP contribution is 2.25. The Balaban J connectivity index is 1.72. The largest absolute Gasteiger partial charge is 0.314 e. The van der Waals surface area contributed by atoms with E-state index in [1.165, 1.54) is 38.5 Å². The minimum atomic E-state index is -0.0730. The molecule has 1 N–H and O–H groups in total. The van der Waals surface area contributed by atoms with Crippen LogP contribution in [0.3, 0.4) is 0 Å². The number of nitrogens with one attached hydrogen (secondary N) is 1. The zero-order valence-electron chi connectivity index (χ0n) is 12.0. The molecule has 1 fully saturated rings. The maximum absolute atomic E-state index is 13.5. The Hall–Kier alpha value is -0.890. The van der Waals surface area contributed by atoms with Crippen molar-refractivity contribution in [1.82, 2.24) is 5.32 Å². The molecule has 1 aromatic rings. The fourth-order valence-corrected chi connectivity index (χ4v) is 3.10. The van der Waals surface area contributed by atoms with Crippen molar-refractivity contribution in [3.05, 3.63) is 35.6 Å². The van der Waals surface area contributed by atoms with Gasteiger partial charge in [0, 0.05) is 6.04 Å². The van der Waals surface area contributed by atoms with Gasteiger partial charge < -0.3 is 5.32 Å². The lowest BCUT2D eigenvalue weighted by Crippen LogP contribution is -2.30. The summed E-state index contributed by atoms with van der Waals surface area (Å²) in [6, 6.07) is 7.74. The Bertz CT molecular complexity index is 377. The van der Waals surface area contributed by atoms with Gasteiger partial charge in [-0.2, -0.15) is 0 Å². The maximum atomic E-state index is 13.5. The number of halogens is 1. The molecule has 0 spiro atoms. The summed E-state index contributed by atoms with van der Waals surface area (Å²) in [5.41, 5.74) is 0.829. The molecule has 2 rings (SSSR count). The summed E-state index contributed by atoms with van der Waals surface area (Å²) in [5.74, 6) is 0.856. The van der Waals surface area contributed by atoms with Gasteiger partial charge in [0.15, 0.2) is 0 Å². The normalized spacial score (nSPS) is 24.1. The van der Waals surface area contributed by atoms with E-state index >= 15 is 0 Å². The third kappa shape index (κ3) is 4.61. The molecule has 19 heavy (non-hydrogen) atoms. The van der Waals surface area contributed by atoms with Gasteiger partial charge in [0.05, 0.1) is 0 Å². The fourth-order valence-electron chi connectivity index (χ4n) is 3.10. The van der Waals surface area contributed by atoms with Crippen molar-refractivity contribution in [3.63, 3.8) is 0 Å². The monoisotopic (exact) mass is 263 g/mol. The number of hydrogen-bond donors (Lipinski definition) is 1. The van der Waals surface area contributed by atoms with E-state index < -0.39 is 0 Å². The van der Waals surface area contributed by atoms with Crippen LogP contribution in [-0.4, -0.2) is 12.6 Å². The second-order valence-corrected chi connectivity index (χ2v) is 5.77. The van der Waals surface area contributed by atoms with Gasteiger partial charge in [0.1, 0.15) is 5.82 Å². The Morgan fingerprint density at radius 3 is 2.79 bits per heavy atom. The molecule has 0 heterocycles. The van der Waals surface area contributed by atoms with Gasteiger partial charge in [0.2, 0.25) is 0 Å². The molecule has 2 atom stereocenters. The zero-order chi connectivity index (χ0) is 13.5. The molecule has 1 aliphatic carbocycles. The van der Waals surface area contributed by atoms with E-state index in [4.69, 9.17) is 0 Å². The first-order valence-electron chi connectivity index (χ1n) is 7.76. The van der Waals surface area contributed by atoms with Crippen molar-refractivity contribution in [2.45, 2.75) is 57.9 Å². The van der Waals surface area contributed by atoms with Crippen LogP contribution in [0.15, 0.2) is 24.3 Å². The molecule has 0 aromatic heterocycles. The SMILES string of the molecule is CCC1CCCC(NCCc2ccccc2F)CC1. The molecule has 0 aliphatic heterocycles. The average Bonchev–Trinajstić information content (AvgIpc) is 2.66. The highest BCUT2D eigenvalue weighted by atomic mass is 19.1. The molecule has 0 bridgehead atoms. The molecule has 0 radical (unpaired) electrons. The minimum Gasteiger partial charge on any atom is -0.314 e. The summed E-state index contributed by atoms with van der Waals surface area (Å²) in [6.07, 6.45) is 8.78. The van der Waals surface area contributed by atoms with E-state index in [-0.39, 0.29) is 5.82 Å². The number of hydrogen-bond acceptors (Lipinski definition) is 1. The van der Waals surface area contributed by atoms with Gasteiger partial charge in [-0.15, -0.1) is 0 Å². The quantitative estimate of drug-likeness (QED) is 0.780. The van der Waals surface area contributed by atoms with Crippen molar-refractivity contribution in [2.24, 2.45) is 5.92 Å². The first-order chi connectivity index (χ1) is 9.29. The molecule has 1 saturated carbocycles. The number of rotatable bonds is 5. The maximum Gasteiger partial charge on any atom is 0.126 e. The topological polar surface area (TPSA) is 12.0 Å². The van der Waals surface area contributed by atoms with E-state index in [0.717, 1.165) is 24.4 Å². The highest BCUT2D eigenvalue weighted by molar-refractivity contribution is 5.17. The van der Waals surface area contributed by atoms with Gasteiger partial charge in [-0.25, -0.2) is 4.39 Å². The summed E-state index contributed by atoms with van der Waals surface area (Å²) in [6.45, 7) is 3.19. The third-order valence-corrected chi connectivity index (χ3v) is 4.45. The number of benzene rings is 1. The Morgan fingerprint density at radius 1 is 1.16 bits per heavy atom. The van der Waals surface area contributed by atoms with Gasteiger partial charge >= 0.3 is 0 Å². The predicted octanol–water partition coefficient (Wildman–Crippen LogP) is 4.32. The second-order valence-electron chi connectivity index (χ2n) is 5.77. The van der Waals surface area contributed by atoms with Crippen molar-refractivity contribution in [2.75, 3.05) is 6.54 Å². The lowest BCUT2D eigenvalue weighted by Gasteiger charge is -2.16. The zero-order valence-corrected chi connectivity index (χ0v) is 12.0. The molecule has 1 nitrogen and oxygen atoms in total. The lowest BCUT2D eigenvalue weighted by molar-refractivity contribution is 0.426. The predicted molar refractivity (Wildman–Crippen MR) is 78.8 cm³/mol. The third-order valence-electron chi connectivity index (χ3n) is 4.45. The Morgan fingerprint density at radius 2 is 2.00 bits per heavy atom. The first-order valence-corrected chi connectivity index (χ1v) is 7.76. The molecule has 106 valence electrons. The van der Waals surface area contributed by atoms with Gasteiger partial charge in [-0.1, -0.05) is 44.4 Å². The van der Waals surface area contributed by atoms with Crippen molar-refractivity contribution < 1.29 is 4.39 Å². The first kappa shape index (κ1) is 14.5. The summed E-state index contributed by atoms with van der Waals surface area (Å²) >= 11 is 0. The molecule has 0 amide bonds. The summed E-state index contributed by atoms with van der Waals surface area (Å²) in [4.78, 5) is 0. The van der Waals surface area contributed by atoms with E-state index in [1.807, 2.05) is 12.1 Å². The van der Waals surface area contributed by atoms with Gasteiger partial charge in [0.25, 0.3) is 0 Å². The van der Waals surface area contributed by atoms with Crippen molar-refractivity contribution in [1.29, 1.82) is 0 Å². The molecule has 1 aromatic carbocycles. The van der Waals surface area contributed by atoms with Crippen molar-refractivity contribution >= 4 is 0 Å². The standard InChI is InChI=1S/C17H26FN/c1-2-14-6-5-8-16(11-10-14)19-13-12-15-7-3-4-9-17(15)18/h3-4,7,9,14,16,19H,2,5-6,8,10-13H2,1H3. The van der Waals surface area contributed by atoms with Crippen LogP contribution in [0.1, 0.15) is 51.0 Å². The van der Waals surface area contributed by atoms with Crippen LogP contribution in [0.25, 0.3) is 0 Å². The van der Waals surface area contributed by atoms with E-state index in [9.17, 15) is 4.39 Å². The highest BCUT2D eigenvalue weighted by Gasteiger charge is 2.17. The van der Waals surface area contributed by atoms with Crippen LogP contribution in [0, 0.1) is 11.7 Å². The van der Waals surface area contributed by atoms with Crippen LogP contribution < -0.4 is 5.32 Å². The van der Waals surface area contributed by atoms with Crippen LogP contribution in [0.5, 0.6) is 0 Å². The van der Waals surface area contributed by atoms with Gasteiger partial charge in [-0.05, 0) is 49.8 Å². The van der Waals surface area contributed by atoms with E-state index in [0.29, 0.717) is 6.04 Å². The van der Waals surface area contributed by atoms with Crippen LogP contribution in [-0.2, 0) is 6.42 Å². The summed E-state index contributed by atoms with van der Waals surface area (Å²) in [7, 11) is 0. The molecule has 2 unspecified atom stereocenters. The molecule has 0 saturated heterocycles. The second kappa shape index (κ2) is 7.64. The van der Waals surface area contributed by atoms with Crippen LogP contribution in [0.2, 0.25) is 0 Å². The van der Waals surface area contributed by atoms with Gasteiger partial charge in [-0.3, -0.25) is 0 Å². The van der Waals surface area contributed by atoms with E-state index in [2.05, 4.69) is 12.2 Å². The average molecular weight is 263 g/mol.